The zero-order valence-corrected chi connectivity index (χ0v) is 19.7. The van der Waals surface area contributed by atoms with Crippen molar-refractivity contribution in [3.63, 3.8) is 0 Å². The number of amides is 1. The molecule has 0 bridgehead atoms. The van der Waals surface area contributed by atoms with Gasteiger partial charge in [-0.15, -0.1) is 0 Å². The summed E-state index contributed by atoms with van der Waals surface area (Å²) in [5, 5.41) is 21.9. The highest BCUT2D eigenvalue weighted by atomic mass is 32.2. The van der Waals surface area contributed by atoms with Gasteiger partial charge in [0.15, 0.2) is 6.10 Å². The topological polar surface area (TPSA) is 166 Å². The molecule has 0 aromatic rings. The lowest BCUT2D eigenvalue weighted by molar-refractivity contribution is -0.164. The number of aliphatic hydroxyl groups is 1. The molecule has 3 N–H and O–H groups in total. The SMILES string of the molecule is CCCOC(=O)OC(C(C)C)C(OS(=O)(=O)CCCNC(C)=O)C(C)(C)[C@@H](O)C(=O)O. The summed E-state index contributed by atoms with van der Waals surface area (Å²) in [5.74, 6) is -2.89. The third-order valence-corrected chi connectivity index (χ3v) is 5.77. The molecule has 1 amide bonds. The van der Waals surface area contributed by atoms with Gasteiger partial charge < -0.3 is 25.0 Å². The van der Waals surface area contributed by atoms with Crippen LogP contribution in [0.4, 0.5) is 4.79 Å². The molecule has 0 rings (SSSR count). The number of carbonyl (C=O) groups is 3. The Morgan fingerprint density at radius 2 is 1.74 bits per heavy atom. The molecule has 0 heterocycles. The Morgan fingerprint density at radius 3 is 2.19 bits per heavy atom. The molecule has 0 aliphatic heterocycles. The van der Waals surface area contributed by atoms with E-state index >= 15 is 0 Å². The van der Waals surface area contributed by atoms with Crippen molar-refractivity contribution in [1.29, 1.82) is 0 Å². The predicted octanol–water partition coefficient (Wildman–Crippen LogP) is 1.29. The van der Waals surface area contributed by atoms with Crippen LogP contribution in [0.1, 0.15) is 54.4 Å². The molecule has 0 aliphatic carbocycles. The van der Waals surface area contributed by atoms with Gasteiger partial charge in [-0.2, -0.15) is 8.42 Å². The highest BCUT2D eigenvalue weighted by molar-refractivity contribution is 7.86. The minimum atomic E-state index is -4.24. The van der Waals surface area contributed by atoms with Gasteiger partial charge in [0, 0.05) is 18.9 Å². The van der Waals surface area contributed by atoms with Gasteiger partial charge >= 0.3 is 12.1 Å². The third kappa shape index (κ3) is 10.3. The monoisotopic (exact) mass is 469 g/mol. The summed E-state index contributed by atoms with van der Waals surface area (Å²) in [4.78, 5) is 34.4. The van der Waals surface area contributed by atoms with Gasteiger partial charge in [-0.3, -0.25) is 8.98 Å². The number of carboxylic acid groups (broad SMARTS) is 1. The maximum absolute atomic E-state index is 12.6. The molecular formula is C19H35NO10S. The normalized spacial score (nSPS) is 15.1. The van der Waals surface area contributed by atoms with Crippen molar-refractivity contribution in [3.05, 3.63) is 0 Å². The predicted molar refractivity (Wildman–Crippen MR) is 111 cm³/mol. The van der Waals surface area contributed by atoms with E-state index in [9.17, 15) is 33.0 Å². The number of rotatable bonds is 14. The first kappa shape index (κ1) is 29.1. The van der Waals surface area contributed by atoms with Crippen LogP contribution in [0, 0.1) is 11.3 Å². The quantitative estimate of drug-likeness (QED) is 0.192. The van der Waals surface area contributed by atoms with Crippen LogP contribution >= 0.6 is 0 Å². The van der Waals surface area contributed by atoms with Gasteiger partial charge in [0.05, 0.1) is 12.4 Å². The second kappa shape index (κ2) is 12.8. The van der Waals surface area contributed by atoms with Crippen molar-refractivity contribution in [2.75, 3.05) is 18.9 Å². The molecule has 0 radical (unpaired) electrons. The fourth-order valence-electron chi connectivity index (χ4n) is 2.67. The molecule has 0 saturated carbocycles. The Hall–Kier alpha value is -1.92. The average molecular weight is 470 g/mol. The minimum Gasteiger partial charge on any atom is -0.479 e. The number of hydrogen-bond acceptors (Lipinski definition) is 9. The maximum Gasteiger partial charge on any atom is 0.508 e. The Labute approximate surface area is 183 Å². The maximum atomic E-state index is 12.6. The molecule has 0 fully saturated rings. The van der Waals surface area contributed by atoms with Crippen LogP contribution in [0.15, 0.2) is 0 Å². The summed E-state index contributed by atoms with van der Waals surface area (Å²) in [6, 6.07) is 0. The Balaban J connectivity index is 5.83. The van der Waals surface area contributed by atoms with E-state index in [0.717, 1.165) is 0 Å². The number of ether oxygens (including phenoxy) is 2. The van der Waals surface area contributed by atoms with Gasteiger partial charge in [0.2, 0.25) is 5.91 Å². The van der Waals surface area contributed by atoms with E-state index in [0.29, 0.717) is 6.42 Å². The molecule has 11 nitrogen and oxygen atoms in total. The molecule has 12 heteroatoms. The molecule has 182 valence electrons. The zero-order valence-electron chi connectivity index (χ0n) is 18.9. The zero-order chi connectivity index (χ0) is 24.4. The Bertz CT molecular complexity index is 704. The van der Waals surface area contributed by atoms with Crippen LogP contribution in [0.2, 0.25) is 0 Å². The summed E-state index contributed by atoms with van der Waals surface area (Å²) in [6.07, 6.45) is -5.26. The fourth-order valence-corrected chi connectivity index (χ4v) is 3.94. The first-order valence-electron chi connectivity index (χ1n) is 10.0. The van der Waals surface area contributed by atoms with Crippen molar-refractivity contribution in [3.8, 4) is 0 Å². The average Bonchev–Trinajstić information content (AvgIpc) is 2.65. The number of aliphatic carboxylic acids is 1. The van der Waals surface area contributed by atoms with Gasteiger partial charge in [-0.05, 0) is 18.8 Å². The Kier molecular flexibility index (Phi) is 12.0. The van der Waals surface area contributed by atoms with E-state index in [1.807, 2.05) is 0 Å². The van der Waals surface area contributed by atoms with Crippen molar-refractivity contribution in [2.45, 2.75) is 72.7 Å². The van der Waals surface area contributed by atoms with Crippen LogP contribution in [-0.4, -0.2) is 73.9 Å². The van der Waals surface area contributed by atoms with Crippen molar-refractivity contribution in [2.24, 2.45) is 11.3 Å². The van der Waals surface area contributed by atoms with Gasteiger partial charge in [0.25, 0.3) is 10.1 Å². The molecule has 0 aliphatic rings. The van der Waals surface area contributed by atoms with Gasteiger partial charge in [0.1, 0.15) is 12.2 Å². The summed E-state index contributed by atoms with van der Waals surface area (Å²) in [7, 11) is -4.24. The summed E-state index contributed by atoms with van der Waals surface area (Å²) < 4.78 is 40.6. The number of nitrogens with one attached hydrogen (secondary N) is 1. The Morgan fingerprint density at radius 1 is 1.16 bits per heavy atom. The molecule has 3 atom stereocenters. The van der Waals surface area contributed by atoms with Crippen LogP contribution in [0.5, 0.6) is 0 Å². The molecule has 31 heavy (non-hydrogen) atoms. The number of carbonyl (C=O) groups excluding carboxylic acids is 2. The molecule has 0 aromatic heterocycles. The third-order valence-electron chi connectivity index (χ3n) is 4.48. The van der Waals surface area contributed by atoms with Gasteiger partial charge in [-0.1, -0.05) is 34.6 Å². The first-order chi connectivity index (χ1) is 14.2. The van der Waals surface area contributed by atoms with Crippen LogP contribution in [-0.2, 0) is 33.4 Å². The molecular weight excluding hydrogens is 434 g/mol. The van der Waals surface area contributed by atoms with Crippen molar-refractivity contribution >= 4 is 28.1 Å². The van der Waals surface area contributed by atoms with Crippen molar-refractivity contribution < 1.29 is 46.7 Å². The van der Waals surface area contributed by atoms with Crippen molar-refractivity contribution in [1.82, 2.24) is 5.32 Å². The highest BCUT2D eigenvalue weighted by Crippen LogP contribution is 2.35. The number of carboxylic acids is 1. The van der Waals surface area contributed by atoms with E-state index in [2.05, 4.69) is 5.32 Å². The lowest BCUT2D eigenvalue weighted by atomic mass is 9.76. The highest BCUT2D eigenvalue weighted by Gasteiger charge is 2.49. The van der Waals surface area contributed by atoms with Gasteiger partial charge in [-0.25, -0.2) is 9.59 Å². The summed E-state index contributed by atoms with van der Waals surface area (Å²) in [5.41, 5.74) is -1.67. The van der Waals surface area contributed by atoms with E-state index in [-0.39, 0.29) is 25.5 Å². The van der Waals surface area contributed by atoms with E-state index < -0.39 is 57.6 Å². The van der Waals surface area contributed by atoms with E-state index in [1.54, 1.807) is 20.8 Å². The first-order valence-corrected chi connectivity index (χ1v) is 11.6. The number of hydrogen-bond donors (Lipinski definition) is 3. The van der Waals surface area contributed by atoms with Crippen LogP contribution < -0.4 is 5.32 Å². The lowest BCUT2D eigenvalue weighted by Crippen LogP contribution is -2.54. The minimum absolute atomic E-state index is 0.0439. The molecule has 0 spiro atoms. The summed E-state index contributed by atoms with van der Waals surface area (Å²) >= 11 is 0. The fraction of sp³-hybridized carbons (Fsp3) is 0.842. The number of aliphatic hydroxyl groups excluding tert-OH is 1. The van der Waals surface area contributed by atoms with E-state index in [4.69, 9.17) is 13.7 Å². The smallest absolute Gasteiger partial charge is 0.479 e. The lowest BCUT2D eigenvalue weighted by Gasteiger charge is -2.40. The second-order valence-corrected chi connectivity index (χ2v) is 9.82. The second-order valence-electron chi connectivity index (χ2n) is 8.10. The molecule has 0 aromatic carbocycles. The summed E-state index contributed by atoms with van der Waals surface area (Å²) in [6.45, 7) is 9.10. The molecule has 0 saturated heterocycles. The molecule has 2 unspecified atom stereocenters. The van der Waals surface area contributed by atoms with E-state index in [1.165, 1.54) is 20.8 Å². The standard InChI is InChI=1S/C19H35NO10S/c1-7-10-28-18(25)29-14(12(2)3)16(19(5,6)15(22)17(23)24)30-31(26,27)11-8-9-20-13(4)21/h12,14-16,22H,7-11H2,1-6H3,(H,20,21)(H,23,24)/t14?,15-,16?/m0/s1. The van der Waals surface area contributed by atoms with Crippen LogP contribution in [0.25, 0.3) is 0 Å². The largest absolute Gasteiger partial charge is 0.508 e. The van der Waals surface area contributed by atoms with Crippen LogP contribution in [0.3, 0.4) is 0 Å².